The third-order valence-electron chi connectivity index (χ3n) is 3.64. The topological polar surface area (TPSA) is 81.4 Å². The number of nitrogens with two attached hydrogens (primary N) is 1. The van der Waals surface area contributed by atoms with Crippen molar-refractivity contribution in [2.24, 2.45) is 11.7 Å². The molecule has 3 N–H and O–H groups in total. The summed E-state index contributed by atoms with van der Waals surface area (Å²) in [6.07, 6.45) is 4.69. The van der Waals surface area contributed by atoms with Gasteiger partial charge in [0, 0.05) is 6.54 Å². The fraction of sp³-hybridized carbons (Fsp3) is 0.636. The molecule has 0 spiro atoms. The van der Waals surface area contributed by atoms with Gasteiger partial charge in [-0.2, -0.15) is 0 Å². The van der Waals surface area contributed by atoms with E-state index in [1.54, 1.807) is 0 Å². The largest absolute Gasteiger partial charge is 0.462 e. The molecule has 0 fully saturated rings. The Kier molecular flexibility index (Phi) is 13.2. The molecule has 0 aliphatic heterocycles. The molecule has 0 aliphatic rings. The minimum atomic E-state index is -0.318. The molecule has 0 bridgehead atoms. The van der Waals surface area contributed by atoms with E-state index >= 15 is 0 Å². The molecule has 0 radical (unpaired) electrons. The van der Waals surface area contributed by atoms with Gasteiger partial charge in [0.1, 0.15) is 5.60 Å². The Bertz CT molecular complexity index is 519. The summed E-state index contributed by atoms with van der Waals surface area (Å²) in [7, 11) is 0. The summed E-state index contributed by atoms with van der Waals surface area (Å²) < 4.78 is 4.55. The average molecular weight is 379 g/mol. The second kappa shape index (κ2) is 14.2. The highest BCUT2D eigenvalue weighted by Crippen LogP contribution is 2.10. The molecule has 0 atom stereocenters. The summed E-state index contributed by atoms with van der Waals surface area (Å²) in [5.41, 5.74) is 7.53. The third kappa shape index (κ3) is 16.0. The fourth-order valence-corrected chi connectivity index (χ4v) is 2.33. The number of hydrogen-bond acceptors (Lipinski definition) is 4. The second-order valence-corrected chi connectivity index (χ2v) is 8.12. The molecule has 5 nitrogen and oxygen atoms in total. The van der Waals surface area contributed by atoms with E-state index < -0.39 is 0 Å². The molecule has 154 valence electrons. The van der Waals surface area contributed by atoms with Crippen LogP contribution in [-0.2, 0) is 27.2 Å². The van der Waals surface area contributed by atoms with Gasteiger partial charge in [-0.1, -0.05) is 44.5 Å². The minimum Gasteiger partial charge on any atom is -0.462 e. The number of hydrogen-bond donors (Lipinski definition) is 2. The van der Waals surface area contributed by atoms with Gasteiger partial charge in [0.2, 0.25) is 5.91 Å². The molecule has 0 aromatic heterocycles. The molecular weight excluding hydrogens is 340 g/mol. The van der Waals surface area contributed by atoms with Crippen LogP contribution in [0.1, 0.15) is 65.0 Å². The summed E-state index contributed by atoms with van der Waals surface area (Å²) in [6.45, 7) is 11.8. The highest BCUT2D eigenvalue weighted by atomic mass is 16.5. The summed E-state index contributed by atoms with van der Waals surface area (Å²) in [5.74, 6) is 0.770. The van der Waals surface area contributed by atoms with Gasteiger partial charge in [-0.25, -0.2) is 0 Å². The molecule has 0 heterocycles. The smallest absolute Gasteiger partial charge is 0.293 e. The molecule has 0 unspecified atom stereocenters. The van der Waals surface area contributed by atoms with Crippen molar-refractivity contribution in [1.82, 2.24) is 5.32 Å². The number of ether oxygens (including phenoxy) is 1. The van der Waals surface area contributed by atoms with Crippen molar-refractivity contribution in [3.8, 4) is 0 Å². The number of carbonyl (C=O) groups excluding carboxylic acids is 2. The number of nitrogens with one attached hydrogen (secondary N) is 1. The van der Waals surface area contributed by atoms with Gasteiger partial charge in [-0.05, 0) is 63.6 Å². The van der Waals surface area contributed by atoms with Crippen LogP contribution in [0.5, 0.6) is 0 Å². The van der Waals surface area contributed by atoms with E-state index in [0.29, 0.717) is 18.8 Å². The molecule has 1 aromatic carbocycles. The summed E-state index contributed by atoms with van der Waals surface area (Å²) >= 11 is 0. The fourth-order valence-electron chi connectivity index (χ4n) is 2.33. The molecule has 1 amide bonds. The number of carbonyl (C=O) groups is 2. The van der Waals surface area contributed by atoms with Crippen LogP contribution >= 0.6 is 0 Å². The lowest BCUT2D eigenvalue weighted by molar-refractivity contribution is -0.138. The van der Waals surface area contributed by atoms with Crippen LogP contribution in [0, 0.1) is 5.92 Å². The first-order chi connectivity index (χ1) is 12.7. The van der Waals surface area contributed by atoms with Crippen molar-refractivity contribution in [3.63, 3.8) is 0 Å². The lowest BCUT2D eigenvalue weighted by Gasteiger charge is -2.14. The van der Waals surface area contributed by atoms with Crippen molar-refractivity contribution in [1.29, 1.82) is 0 Å². The van der Waals surface area contributed by atoms with Crippen LogP contribution in [-0.4, -0.2) is 31.1 Å². The number of amides is 1. The van der Waals surface area contributed by atoms with Gasteiger partial charge < -0.3 is 15.8 Å². The van der Waals surface area contributed by atoms with E-state index in [1.165, 1.54) is 5.56 Å². The maximum Gasteiger partial charge on any atom is 0.293 e. The normalized spacial score (nSPS) is 10.8. The zero-order valence-electron chi connectivity index (χ0n) is 17.7. The summed E-state index contributed by atoms with van der Waals surface area (Å²) in [5, 5.41) is 2.96. The van der Waals surface area contributed by atoms with Crippen molar-refractivity contribution in [2.75, 3.05) is 13.1 Å². The molecule has 1 rings (SSSR count). The number of benzene rings is 1. The quantitative estimate of drug-likeness (QED) is 0.481. The van der Waals surface area contributed by atoms with E-state index in [4.69, 9.17) is 5.73 Å². The van der Waals surface area contributed by atoms with Gasteiger partial charge in [0.05, 0.1) is 6.42 Å². The first-order valence-electron chi connectivity index (χ1n) is 9.84. The molecule has 5 heteroatoms. The van der Waals surface area contributed by atoms with Crippen molar-refractivity contribution >= 4 is 12.4 Å². The van der Waals surface area contributed by atoms with Crippen molar-refractivity contribution in [3.05, 3.63) is 35.4 Å². The van der Waals surface area contributed by atoms with E-state index in [-0.39, 0.29) is 11.5 Å². The zero-order valence-corrected chi connectivity index (χ0v) is 17.7. The van der Waals surface area contributed by atoms with E-state index in [0.717, 1.165) is 44.3 Å². The third-order valence-corrected chi connectivity index (χ3v) is 3.64. The van der Waals surface area contributed by atoms with Gasteiger partial charge >= 0.3 is 0 Å². The van der Waals surface area contributed by atoms with Gasteiger partial charge in [0.25, 0.3) is 6.47 Å². The average Bonchev–Trinajstić information content (AvgIpc) is 2.55. The van der Waals surface area contributed by atoms with E-state index in [9.17, 15) is 9.59 Å². The van der Waals surface area contributed by atoms with Crippen LogP contribution in [0.4, 0.5) is 0 Å². The minimum absolute atomic E-state index is 0.106. The van der Waals surface area contributed by atoms with Crippen molar-refractivity contribution < 1.29 is 14.3 Å². The van der Waals surface area contributed by atoms with Crippen LogP contribution in [0.25, 0.3) is 0 Å². The van der Waals surface area contributed by atoms with Crippen LogP contribution in [0.15, 0.2) is 24.3 Å². The Morgan fingerprint density at radius 2 is 1.70 bits per heavy atom. The lowest BCUT2D eigenvalue weighted by atomic mass is 10.0. The van der Waals surface area contributed by atoms with Gasteiger partial charge in [-0.3, -0.25) is 9.59 Å². The van der Waals surface area contributed by atoms with Crippen molar-refractivity contribution in [2.45, 2.75) is 72.3 Å². The molecule has 27 heavy (non-hydrogen) atoms. The van der Waals surface area contributed by atoms with E-state index in [1.807, 2.05) is 20.8 Å². The van der Waals surface area contributed by atoms with Gasteiger partial charge in [-0.15, -0.1) is 0 Å². The number of unbranched alkanes of at least 4 members (excludes halogenated alkanes) is 2. The Labute approximate surface area is 165 Å². The maximum atomic E-state index is 11.8. The highest BCUT2D eigenvalue weighted by molar-refractivity contribution is 5.78. The SMILES string of the molecule is CC(C)(C)OC=O.CC(C)Cc1ccc(CC(=O)NCCCCCN)cc1. The molecule has 1 aromatic rings. The Hall–Kier alpha value is -1.88. The standard InChI is InChI=1S/C17H28N2O.C5H10O2/c1-14(2)12-15-6-8-16(9-7-15)13-17(20)19-11-5-3-4-10-18;1-5(2,3)7-4-6/h6-9,14H,3-5,10-13,18H2,1-2H3,(H,19,20);4H,1-3H3. The number of rotatable bonds is 10. The maximum absolute atomic E-state index is 11.8. The molecule has 0 saturated heterocycles. The Morgan fingerprint density at radius 3 is 2.15 bits per heavy atom. The first kappa shape index (κ1) is 25.1. The molecular formula is C22H38N2O3. The van der Waals surface area contributed by atoms with Gasteiger partial charge in [0.15, 0.2) is 0 Å². The van der Waals surface area contributed by atoms with Crippen LogP contribution in [0.2, 0.25) is 0 Å². The Morgan fingerprint density at radius 1 is 1.11 bits per heavy atom. The predicted molar refractivity (Wildman–Crippen MR) is 112 cm³/mol. The monoisotopic (exact) mass is 378 g/mol. The first-order valence-corrected chi connectivity index (χ1v) is 9.84. The molecule has 0 aliphatic carbocycles. The summed E-state index contributed by atoms with van der Waals surface area (Å²) in [4.78, 5) is 21.4. The van der Waals surface area contributed by atoms with E-state index in [2.05, 4.69) is 48.2 Å². The molecule has 0 saturated carbocycles. The Balaban J connectivity index is 0.000000821. The highest BCUT2D eigenvalue weighted by Gasteiger charge is 2.07. The van der Waals surface area contributed by atoms with Crippen LogP contribution in [0.3, 0.4) is 0 Å². The summed E-state index contributed by atoms with van der Waals surface area (Å²) in [6, 6.07) is 8.38. The zero-order chi connectivity index (χ0) is 20.7. The lowest BCUT2D eigenvalue weighted by Crippen LogP contribution is -2.26. The second-order valence-electron chi connectivity index (χ2n) is 8.12. The predicted octanol–water partition coefficient (Wildman–Crippen LogP) is 3.63. The van der Waals surface area contributed by atoms with Crippen LogP contribution < -0.4 is 11.1 Å².